The van der Waals surface area contributed by atoms with E-state index in [1.165, 1.54) is 12.1 Å². The SMILES string of the molecule is Cn1cnn(CNC(c2ccc(F)cc2)C(C)(C)C)c1=S. The predicted octanol–water partition coefficient (Wildman–Crippen LogP) is 3.42. The molecule has 1 heterocycles. The number of benzene rings is 1. The first-order chi connectivity index (χ1) is 9.79. The first kappa shape index (κ1) is 15.9. The van der Waals surface area contributed by atoms with Crippen LogP contribution in [-0.2, 0) is 13.7 Å². The molecule has 114 valence electrons. The number of nitrogens with zero attached hydrogens (tertiary/aromatic N) is 3. The monoisotopic (exact) mass is 308 g/mol. The molecule has 0 aliphatic rings. The van der Waals surface area contributed by atoms with Crippen LogP contribution in [0.2, 0.25) is 0 Å². The molecule has 0 bridgehead atoms. The molecule has 1 aromatic carbocycles. The first-order valence-electron chi connectivity index (χ1n) is 6.86. The Morgan fingerprint density at radius 3 is 2.38 bits per heavy atom. The first-order valence-corrected chi connectivity index (χ1v) is 7.27. The van der Waals surface area contributed by atoms with Crippen molar-refractivity contribution in [2.45, 2.75) is 33.5 Å². The number of aryl methyl sites for hydroxylation is 1. The Labute approximate surface area is 129 Å². The van der Waals surface area contributed by atoms with Crippen LogP contribution in [0.5, 0.6) is 0 Å². The highest BCUT2D eigenvalue weighted by Crippen LogP contribution is 2.32. The van der Waals surface area contributed by atoms with Crippen molar-refractivity contribution in [1.29, 1.82) is 0 Å². The Hall–Kier alpha value is -1.53. The van der Waals surface area contributed by atoms with E-state index < -0.39 is 0 Å². The van der Waals surface area contributed by atoms with Crippen LogP contribution in [0.3, 0.4) is 0 Å². The molecule has 0 aliphatic carbocycles. The van der Waals surface area contributed by atoms with Crippen molar-refractivity contribution >= 4 is 12.2 Å². The van der Waals surface area contributed by atoms with Gasteiger partial charge in [0.25, 0.3) is 0 Å². The third-order valence-corrected chi connectivity index (χ3v) is 3.90. The number of hydrogen-bond acceptors (Lipinski definition) is 3. The van der Waals surface area contributed by atoms with E-state index in [0.717, 1.165) is 5.56 Å². The third kappa shape index (κ3) is 3.77. The Morgan fingerprint density at radius 1 is 1.29 bits per heavy atom. The highest BCUT2D eigenvalue weighted by molar-refractivity contribution is 7.71. The van der Waals surface area contributed by atoms with Crippen molar-refractivity contribution < 1.29 is 4.39 Å². The summed E-state index contributed by atoms with van der Waals surface area (Å²) < 4.78 is 17.3. The number of hydrogen-bond donors (Lipinski definition) is 1. The molecule has 0 radical (unpaired) electrons. The summed E-state index contributed by atoms with van der Waals surface area (Å²) in [5.74, 6) is -0.224. The molecule has 1 atom stereocenters. The summed E-state index contributed by atoms with van der Waals surface area (Å²) >= 11 is 5.28. The normalized spacial score (nSPS) is 13.4. The molecule has 1 N–H and O–H groups in total. The Balaban J connectivity index is 2.20. The molecular formula is C15H21FN4S. The van der Waals surface area contributed by atoms with Gasteiger partial charge in [-0.2, -0.15) is 5.10 Å². The average Bonchev–Trinajstić information content (AvgIpc) is 2.71. The fourth-order valence-corrected chi connectivity index (χ4v) is 2.44. The molecule has 6 heteroatoms. The van der Waals surface area contributed by atoms with E-state index in [4.69, 9.17) is 12.2 Å². The summed E-state index contributed by atoms with van der Waals surface area (Å²) in [6.07, 6.45) is 1.69. The summed E-state index contributed by atoms with van der Waals surface area (Å²) in [6, 6.07) is 6.68. The van der Waals surface area contributed by atoms with E-state index in [2.05, 4.69) is 31.2 Å². The Bertz CT molecular complexity index is 652. The number of halogens is 1. The molecular weight excluding hydrogens is 287 g/mol. The van der Waals surface area contributed by atoms with E-state index in [9.17, 15) is 4.39 Å². The lowest BCUT2D eigenvalue weighted by atomic mass is 9.82. The van der Waals surface area contributed by atoms with E-state index in [0.29, 0.717) is 11.4 Å². The van der Waals surface area contributed by atoms with Crippen molar-refractivity contribution in [3.05, 3.63) is 46.7 Å². The molecule has 0 saturated carbocycles. The average molecular weight is 308 g/mol. The van der Waals surface area contributed by atoms with Gasteiger partial charge in [0.1, 0.15) is 12.1 Å². The van der Waals surface area contributed by atoms with Crippen LogP contribution in [0.4, 0.5) is 4.39 Å². The van der Waals surface area contributed by atoms with Crippen molar-refractivity contribution in [1.82, 2.24) is 19.7 Å². The molecule has 0 fully saturated rings. The zero-order chi connectivity index (χ0) is 15.6. The van der Waals surface area contributed by atoms with Crippen LogP contribution < -0.4 is 5.32 Å². The quantitative estimate of drug-likeness (QED) is 0.879. The standard InChI is InChI=1S/C15H21FN4S/c1-15(2,3)13(11-5-7-12(16)8-6-11)17-9-20-14(21)19(4)10-18-20/h5-8,10,13,17H,9H2,1-4H3. The molecule has 1 aromatic heterocycles. The topological polar surface area (TPSA) is 34.8 Å². The molecule has 0 spiro atoms. The zero-order valence-corrected chi connectivity index (χ0v) is 13.6. The predicted molar refractivity (Wildman–Crippen MR) is 83.8 cm³/mol. The smallest absolute Gasteiger partial charge is 0.198 e. The van der Waals surface area contributed by atoms with Crippen molar-refractivity contribution in [3.8, 4) is 0 Å². The van der Waals surface area contributed by atoms with E-state index >= 15 is 0 Å². The maximum Gasteiger partial charge on any atom is 0.198 e. The maximum absolute atomic E-state index is 13.1. The molecule has 2 rings (SSSR count). The number of nitrogens with one attached hydrogen (secondary N) is 1. The van der Waals surface area contributed by atoms with E-state index in [-0.39, 0.29) is 17.3 Å². The largest absolute Gasteiger partial charge is 0.310 e. The summed E-state index contributed by atoms with van der Waals surface area (Å²) in [6.45, 7) is 6.95. The van der Waals surface area contributed by atoms with Gasteiger partial charge in [-0.1, -0.05) is 32.9 Å². The van der Waals surface area contributed by atoms with Gasteiger partial charge in [-0.25, -0.2) is 9.07 Å². The zero-order valence-electron chi connectivity index (χ0n) is 12.8. The second-order valence-electron chi connectivity index (χ2n) is 6.24. The van der Waals surface area contributed by atoms with Gasteiger partial charge in [0.2, 0.25) is 0 Å². The van der Waals surface area contributed by atoms with Crippen LogP contribution in [-0.4, -0.2) is 14.3 Å². The molecule has 2 aromatic rings. The lowest BCUT2D eigenvalue weighted by Crippen LogP contribution is -2.34. The molecule has 21 heavy (non-hydrogen) atoms. The maximum atomic E-state index is 13.1. The second-order valence-corrected chi connectivity index (χ2v) is 6.60. The minimum atomic E-state index is -0.224. The van der Waals surface area contributed by atoms with Gasteiger partial charge < -0.3 is 4.57 Å². The molecule has 1 unspecified atom stereocenters. The Kier molecular flexibility index (Phi) is 4.58. The van der Waals surface area contributed by atoms with E-state index in [1.54, 1.807) is 15.6 Å². The highest BCUT2D eigenvalue weighted by atomic mass is 32.1. The van der Waals surface area contributed by atoms with Crippen molar-refractivity contribution in [3.63, 3.8) is 0 Å². The van der Waals surface area contributed by atoms with Gasteiger partial charge in [0.15, 0.2) is 4.77 Å². The lowest BCUT2D eigenvalue weighted by molar-refractivity contribution is 0.251. The van der Waals surface area contributed by atoms with Crippen LogP contribution in [0, 0.1) is 16.0 Å². The van der Waals surface area contributed by atoms with Crippen LogP contribution in [0.1, 0.15) is 32.4 Å². The fraction of sp³-hybridized carbons (Fsp3) is 0.467. The second kappa shape index (κ2) is 6.07. The summed E-state index contributed by atoms with van der Waals surface area (Å²) in [5.41, 5.74) is 1.03. The summed E-state index contributed by atoms with van der Waals surface area (Å²) in [4.78, 5) is 0. The van der Waals surface area contributed by atoms with Gasteiger partial charge >= 0.3 is 0 Å². The number of rotatable bonds is 4. The van der Waals surface area contributed by atoms with E-state index in [1.807, 2.05) is 19.2 Å². The van der Waals surface area contributed by atoms with Crippen LogP contribution >= 0.6 is 12.2 Å². The van der Waals surface area contributed by atoms with Gasteiger partial charge in [-0.15, -0.1) is 0 Å². The van der Waals surface area contributed by atoms with Gasteiger partial charge in [-0.05, 0) is 35.3 Å². The van der Waals surface area contributed by atoms with Crippen LogP contribution in [0.25, 0.3) is 0 Å². The van der Waals surface area contributed by atoms with Gasteiger partial charge in [0.05, 0.1) is 6.67 Å². The van der Waals surface area contributed by atoms with Gasteiger partial charge in [-0.3, -0.25) is 5.32 Å². The van der Waals surface area contributed by atoms with Crippen molar-refractivity contribution in [2.75, 3.05) is 0 Å². The molecule has 4 nitrogen and oxygen atoms in total. The van der Waals surface area contributed by atoms with Crippen molar-refractivity contribution in [2.24, 2.45) is 12.5 Å². The third-order valence-electron chi connectivity index (χ3n) is 3.40. The van der Waals surface area contributed by atoms with Crippen LogP contribution in [0.15, 0.2) is 30.6 Å². The molecule has 0 amide bonds. The van der Waals surface area contributed by atoms with Gasteiger partial charge in [0, 0.05) is 13.1 Å². The molecule has 0 saturated heterocycles. The lowest BCUT2D eigenvalue weighted by Gasteiger charge is -2.32. The molecule has 0 aliphatic heterocycles. The summed E-state index contributed by atoms with van der Waals surface area (Å²) in [7, 11) is 1.87. The minimum Gasteiger partial charge on any atom is -0.310 e. The number of aromatic nitrogens is 3. The highest BCUT2D eigenvalue weighted by Gasteiger charge is 2.26. The minimum absolute atomic E-state index is 0.0191. The Morgan fingerprint density at radius 2 is 1.90 bits per heavy atom. The summed E-state index contributed by atoms with van der Waals surface area (Å²) in [5, 5.41) is 7.69. The fourth-order valence-electron chi connectivity index (χ4n) is 2.29.